The quantitative estimate of drug-likeness (QED) is 0.308. The van der Waals surface area contributed by atoms with Gasteiger partial charge in [0.2, 0.25) is 0 Å². The Bertz CT molecular complexity index is 1190. The third-order valence-electron chi connectivity index (χ3n) is 5.59. The third-order valence-corrected chi connectivity index (χ3v) is 7.68. The largest absolute Gasteiger partial charge is 0.449 e. The Hall–Kier alpha value is -3.57. The van der Waals surface area contributed by atoms with Gasteiger partial charge in [-0.25, -0.2) is 4.79 Å². The fourth-order valence-corrected chi connectivity index (χ4v) is 4.52. The molecule has 178 valence electrons. The lowest BCUT2D eigenvalue weighted by Crippen LogP contribution is -2.26. The third kappa shape index (κ3) is 6.72. The Morgan fingerprint density at radius 1 is 0.971 bits per heavy atom. The van der Waals surface area contributed by atoms with Crippen molar-refractivity contribution in [2.24, 2.45) is 0 Å². The summed E-state index contributed by atoms with van der Waals surface area (Å²) in [6.07, 6.45) is -0.0871. The number of alkyl carbamates (subject to hydrolysis) is 1. The predicted molar refractivity (Wildman–Crippen MR) is 138 cm³/mol. The van der Waals surface area contributed by atoms with Gasteiger partial charge in [0.25, 0.3) is 5.91 Å². The minimum absolute atomic E-state index is 0.0588. The van der Waals surface area contributed by atoms with Gasteiger partial charge in [-0.2, -0.15) is 0 Å². The molecule has 3 aromatic carbocycles. The van der Waals surface area contributed by atoms with Gasteiger partial charge in [0.05, 0.1) is 24.2 Å². The van der Waals surface area contributed by atoms with Crippen LogP contribution in [0.4, 0.5) is 16.2 Å². The first kappa shape index (κ1) is 25.1. The number of amides is 2. The van der Waals surface area contributed by atoms with E-state index in [0.717, 1.165) is 16.7 Å². The van der Waals surface area contributed by atoms with Crippen LogP contribution in [0.3, 0.4) is 0 Å². The second-order valence-corrected chi connectivity index (χ2v) is 12.1. The molecule has 0 radical (unpaired) electrons. The molecule has 2 amide bonds. The number of carbonyl (C=O) groups is 2. The van der Waals surface area contributed by atoms with Crippen molar-refractivity contribution < 1.29 is 18.9 Å². The number of anilines is 2. The predicted octanol–water partition coefficient (Wildman–Crippen LogP) is 5.08. The number of rotatable bonds is 8. The number of hydrogen-bond acceptors (Lipinski definition) is 5. The van der Waals surface area contributed by atoms with Gasteiger partial charge in [-0.3, -0.25) is 4.79 Å². The van der Waals surface area contributed by atoms with E-state index in [1.807, 2.05) is 54.6 Å². The molecule has 3 aromatic rings. The zero-order valence-corrected chi connectivity index (χ0v) is 20.5. The van der Waals surface area contributed by atoms with Crippen molar-refractivity contribution in [3.05, 3.63) is 83.9 Å². The van der Waals surface area contributed by atoms with Gasteiger partial charge in [-0.05, 0) is 60.7 Å². The van der Waals surface area contributed by atoms with E-state index in [4.69, 9.17) is 10.5 Å². The van der Waals surface area contributed by atoms with E-state index in [-0.39, 0.29) is 18.2 Å². The first-order valence-corrected chi connectivity index (χ1v) is 13.6. The molecule has 0 heterocycles. The van der Waals surface area contributed by atoms with Crippen LogP contribution in [0.15, 0.2) is 72.8 Å². The minimum atomic E-state index is -2.52. The Balaban J connectivity index is 1.70. The number of nitrogens with two attached hydrogens (primary N) is 1. The molecule has 0 aliphatic heterocycles. The van der Waals surface area contributed by atoms with Crippen molar-refractivity contribution in [1.82, 2.24) is 5.32 Å². The van der Waals surface area contributed by atoms with Crippen LogP contribution >= 0.6 is 7.14 Å². The highest BCUT2D eigenvalue weighted by Crippen LogP contribution is 2.44. The summed E-state index contributed by atoms with van der Waals surface area (Å²) in [5.41, 5.74) is 10.2. The number of benzene rings is 3. The number of hydrogen-bond donors (Lipinski definition) is 3. The lowest BCUT2D eigenvalue weighted by molar-refractivity contribution is 0.102. The van der Waals surface area contributed by atoms with Gasteiger partial charge < -0.3 is 25.7 Å². The van der Waals surface area contributed by atoms with Crippen LogP contribution in [0.5, 0.6) is 0 Å². The summed E-state index contributed by atoms with van der Waals surface area (Å²) in [7, 11) is -1.04. The Kier molecular flexibility index (Phi) is 8.13. The molecule has 0 saturated heterocycles. The van der Waals surface area contributed by atoms with Gasteiger partial charge in [0.1, 0.15) is 6.61 Å². The molecule has 0 bridgehead atoms. The molecule has 34 heavy (non-hydrogen) atoms. The normalized spacial score (nSPS) is 12.0. The molecular formula is C26H30N3O4P. The zero-order valence-electron chi connectivity index (χ0n) is 19.6. The van der Waals surface area contributed by atoms with Gasteiger partial charge in [0, 0.05) is 12.6 Å². The Morgan fingerprint density at radius 3 is 2.26 bits per heavy atom. The molecule has 0 fully saturated rings. The van der Waals surface area contributed by atoms with E-state index in [1.54, 1.807) is 31.5 Å². The van der Waals surface area contributed by atoms with E-state index in [0.29, 0.717) is 23.4 Å². The summed E-state index contributed by atoms with van der Waals surface area (Å²) in [5.74, 6) is -0.278. The van der Waals surface area contributed by atoms with Gasteiger partial charge >= 0.3 is 6.09 Å². The molecule has 7 nitrogen and oxygen atoms in total. The first-order valence-electron chi connectivity index (χ1n) is 10.9. The van der Waals surface area contributed by atoms with Crippen molar-refractivity contribution in [2.75, 3.05) is 38.0 Å². The molecule has 8 heteroatoms. The molecule has 3 rings (SSSR count). The van der Waals surface area contributed by atoms with Gasteiger partial charge in [-0.1, -0.05) is 48.5 Å². The number of carbonyl (C=O) groups excluding carboxylic acids is 2. The summed E-state index contributed by atoms with van der Waals surface area (Å²) < 4.78 is 17.8. The van der Waals surface area contributed by atoms with E-state index < -0.39 is 13.2 Å². The lowest BCUT2D eigenvalue weighted by Gasteiger charge is -2.21. The first-order chi connectivity index (χ1) is 16.2. The van der Waals surface area contributed by atoms with Crippen LogP contribution in [0.1, 0.15) is 15.9 Å². The van der Waals surface area contributed by atoms with Crippen LogP contribution in [0.2, 0.25) is 0 Å². The molecule has 1 unspecified atom stereocenters. The second-order valence-electron chi connectivity index (χ2n) is 8.46. The Morgan fingerprint density at radius 2 is 1.65 bits per heavy atom. The summed E-state index contributed by atoms with van der Waals surface area (Å²) in [5, 5.41) is 5.28. The maximum absolute atomic E-state index is 12.8. The average Bonchev–Trinajstić information content (AvgIpc) is 2.83. The summed E-state index contributed by atoms with van der Waals surface area (Å²) in [6.45, 7) is 3.42. The maximum atomic E-state index is 12.8. The average molecular weight is 480 g/mol. The van der Waals surface area contributed by atoms with Crippen molar-refractivity contribution in [2.45, 2.75) is 12.1 Å². The molecule has 0 aliphatic carbocycles. The zero-order chi connectivity index (χ0) is 24.7. The molecule has 0 spiro atoms. The van der Waals surface area contributed by atoms with E-state index in [2.05, 4.69) is 10.6 Å². The van der Waals surface area contributed by atoms with Crippen LogP contribution in [0, 0.1) is 0 Å². The molecule has 1 atom stereocenters. The van der Waals surface area contributed by atoms with Gasteiger partial charge in [0.15, 0.2) is 0 Å². The fourth-order valence-electron chi connectivity index (χ4n) is 3.44. The SMILES string of the molecule is CNC(=O)OCC(Cc1ccc(C(=O)Nc2cc(-c3ccccc3)ccc2N)cc1)P(C)(C)=O. The van der Waals surface area contributed by atoms with Crippen molar-refractivity contribution in [1.29, 1.82) is 0 Å². The van der Waals surface area contributed by atoms with Crippen LogP contribution in [-0.4, -0.2) is 44.6 Å². The molecule has 4 N–H and O–H groups in total. The van der Waals surface area contributed by atoms with Crippen molar-refractivity contribution in [3.63, 3.8) is 0 Å². The number of ether oxygens (including phenoxy) is 1. The van der Waals surface area contributed by atoms with Gasteiger partial charge in [-0.15, -0.1) is 0 Å². The second kappa shape index (κ2) is 11.0. The molecule has 0 aromatic heterocycles. The monoisotopic (exact) mass is 479 g/mol. The standard InChI is InChI=1S/C26H30N3O4P/c1-28-26(31)33-17-22(34(2,3)32)15-18-9-11-20(12-10-18)25(30)29-24-16-21(13-14-23(24)27)19-7-5-4-6-8-19/h4-14,16,22H,15,17,27H2,1-3H3,(H,28,31)(H,29,30). The molecule has 0 saturated carbocycles. The number of nitrogens with one attached hydrogen (secondary N) is 2. The van der Waals surface area contributed by atoms with Crippen LogP contribution < -0.4 is 16.4 Å². The van der Waals surface area contributed by atoms with E-state index >= 15 is 0 Å². The lowest BCUT2D eigenvalue weighted by atomic mass is 10.0. The van der Waals surface area contributed by atoms with Crippen molar-refractivity contribution >= 4 is 30.5 Å². The van der Waals surface area contributed by atoms with Crippen LogP contribution in [-0.2, 0) is 15.7 Å². The minimum Gasteiger partial charge on any atom is -0.449 e. The summed E-state index contributed by atoms with van der Waals surface area (Å²) >= 11 is 0. The smallest absolute Gasteiger partial charge is 0.406 e. The van der Waals surface area contributed by atoms with E-state index in [9.17, 15) is 14.2 Å². The summed E-state index contributed by atoms with van der Waals surface area (Å²) in [6, 6.07) is 22.5. The number of nitrogen functional groups attached to an aromatic ring is 1. The maximum Gasteiger partial charge on any atom is 0.406 e. The Labute approximate surface area is 200 Å². The fraction of sp³-hybridized carbons (Fsp3) is 0.231. The van der Waals surface area contributed by atoms with Crippen LogP contribution in [0.25, 0.3) is 11.1 Å². The molecular weight excluding hydrogens is 449 g/mol. The highest BCUT2D eigenvalue weighted by molar-refractivity contribution is 7.63. The van der Waals surface area contributed by atoms with Crippen molar-refractivity contribution in [3.8, 4) is 11.1 Å². The summed E-state index contributed by atoms with van der Waals surface area (Å²) in [4.78, 5) is 24.3. The highest BCUT2D eigenvalue weighted by atomic mass is 31.2. The highest BCUT2D eigenvalue weighted by Gasteiger charge is 2.25. The molecule has 0 aliphatic rings. The van der Waals surface area contributed by atoms with E-state index in [1.165, 1.54) is 7.05 Å². The topological polar surface area (TPSA) is 111 Å².